The van der Waals surface area contributed by atoms with Gasteiger partial charge in [-0.25, -0.2) is 0 Å². The number of benzene rings is 2. The normalized spacial score (nSPS) is 18.1. The van der Waals surface area contributed by atoms with Crippen molar-refractivity contribution in [2.24, 2.45) is 0 Å². The van der Waals surface area contributed by atoms with Crippen LogP contribution in [0.1, 0.15) is 18.4 Å². The fourth-order valence-electron chi connectivity index (χ4n) is 3.50. The molecule has 0 radical (unpaired) electrons. The van der Waals surface area contributed by atoms with Crippen LogP contribution in [0.2, 0.25) is 0 Å². The monoisotopic (exact) mass is 388 g/mol. The second kappa shape index (κ2) is 8.50. The number of piperidine rings is 1. The van der Waals surface area contributed by atoms with Crippen molar-refractivity contribution in [1.82, 2.24) is 4.90 Å². The molecule has 6 heteroatoms. The molecule has 0 spiro atoms. The summed E-state index contributed by atoms with van der Waals surface area (Å²) in [5.74, 6) is -0.629. The number of likely N-dealkylation sites (N-methyl/N-ethyl adjacent to an activating group) is 1. The Hall–Kier alpha value is -2.76. The number of alkyl halides is 3. The Kier molecular flexibility index (Phi) is 6.07. The Balaban J connectivity index is 1.78. The summed E-state index contributed by atoms with van der Waals surface area (Å²) in [7, 11) is 1.58. The molecule has 1 heterocycles. The Bertz CT molecular complexity index is 819. The average molecular weight is 388 g/mol. The van der Waals surface area contributed by atoms with E-state index < -0.39 is 17.7 Å². The van der Waals surface area contributed by atoms with E-state index in [0.29, 0.717) is 6.54 Å². The van der Waals surface area contributed by atoms with Gasteiger partial charge in [-0.05, 0) is 30.5 Å². The van der Waals surface area contributed by atoms with Gasteiger partial charge in [0.1, 0.15) is 0 Å². The van der Waals surface area contributed by atoms with Gasteiger partial charge >= 0.3 is 6.18 Å². The van der Waals surface area contributed by atoms with Crippen LogP contribution in [0.25, 0.3) is 5.57 Å². The molecular formula is C22H23F3N2O. The Morgan fingerprint density at radius 3 is 2.29 bits per heavy atom. The topological polar surface area (TPSA) is 23.6 Å². The number of halogens is 3. The number of amides is 1. The fourth-order valence-corrected chi connectivity index (χ4v) is 3.50. The van der Waals surface area contributed by atoms with Crippen LogP contribution in [0.3, 0.4) is 0 Å². The van der Waals surface area contributed by atoms with Crippen LogP contribution in [0, 0.1) is 0 Å². The zero-order valence-electron chi connectivity index (χ0n) is 15.7. The molecule has 1 aliphatic rings. The zero-order chi connectivity index (χ0) is 20.1. The molecular weight excluding hydrogens is 365 g/mol. The maximum Gasteiger partial charge on any atom is 0.417 e. The van der Waals surface area contributed by atoms with E-state index in [0.717, 1.165) is 31.1 Å². The van der Waals surface area contributed by atoms with E-state index in [1.165, 1.54) is 29.2 Å². The van der Waals surface area contributed by atoms with Crippen LogP contribution in [-0.4, -0.2) is 43.2 Å². The quantitative estimate of drug-likeness (QED) is 0.705. The lowest BCUT2D eigenvalue weighted by Crippen LogP contribution is -2.48. The molecule has 1 unspecified atom stereocenters. The van der Waals surface area contributed by atoms with Crippen LogP contribution < -0.4 is 4.90 Å². The highest BCUT2D eigenvalue weighted by atomic mass is 19.4. The number of rotatable bonds is 4. The summed E-state index contributed by atoms with van der Waals surface area (Å²) in [5.41, 5.74) is 0.135. The smallest absolute Gasteiger partial charge is 0.369 e. The Morgan fingerprint density at radius 2 is 1.68 bits per heavy atom. The Labute approximate surface area is 163 Å². The summed E-state index contributed by atoms with van der Waals surface area (Å²) in [5, 5.41) is 0. The first-order valence-corrected chi connectivity index (χ1v) is 9.27. The predicted molar refractivity (Wildman–Crippen MR) is 105 cm³/mol. The molecule has 1 fully saturated rings. The summed E-state index contributed by atoms with van der Waals surface area (Å²) >= 11 is 0. The van der Waals surface area contributed by atoms with Crippen molar-refractivity contribution >= 4 is 17.2 Å². The maximum absolute atomic E-state index is 13.5. The van der Waals surface area contributed by atoms with E-state index in [-0.39, 0.29) is 11.6 Å². The molecule has 0 aromatic heterocycles. The third kappa shape index (κ3) is 4.74. The van der Waals surface area contributed by atoms with Gasteiger partial charge in [0.2, 0.25) is 5.91 Å². The van der Waals surface area contributed by atoms with E-state index >= 15 is 0 Å². The minimum atomic E-state index is -4.60. The number of nitrogens with zero attached hydrogens (tertiary/aromatic N) is 2. The molecule has 1 aliphatic heterocycles. The summed E-state index contributed by atoms with van der Waals surface area (Å²) in [6.45, 7) is 1.48. The number of anilines is 1. The summed E-state index contributed by atoms with van der Waals surface area (Å²) < 4.78 is 40.5. The molecule has 148 valence electrons. The van der Waals surface area contributed by atoms with E-state index in [1.807, 2.05) is 30.3 Å². The van der Waals surface area contributed by atoms with E-state index in [2.05, 4.69) is 4.90 Å². The molecule has 3 nitrogen and oxygen atoms in total. The van der Waals surface area contributed by atoms with Crippen LogP contribution in [-0.2, 0) is 4.79 Å². The fraction of sp³-hybridized carbons (Fsp3) is 0.318. The van der Waals surface area contributed by atoms with Crippen molar-refractivity contribution in [1.29, 1.82) is 0 Å². The van der Waals surface area contributed by atoms with Crippen LogP contribution >= 0.6 is 0 Å². The first-order valence-electron chi connectivity index (χ1n) is 9.27. The van der Waals surface area contributed by atoms with Gasteiger partial charge in [-0.2, -0.15) is 13.2 Å². The van der Waals surface area contributed by atoms with Gasteiger partial charge in [-0.15, -0.1) is 0 Å². The number of allylic oxidation sites excluding steroid dienone is 1. The highest BCUT2D eigenvalue weighted by Crippen LogP contribution is 2.34. The first-order chi connectivity index (χ1) is 13.4. The second-order valence-corrected chi connectivity index (χ2v) is 6.95. The van der Waals surface area contributed by atoms with Crippen LogP contribution in [0.5, 0.6) is 0 Å². The van der Waals surface area contributed by atoms with Gasteiger partial charge in [-0.1, -0.05) is 48.5 Å². The number of carbonyl (C=O) groups excluding carboxylic acids is 1. The minimum Gasteiger partial charge on any atom is -0.369 e. The molecule has 2 aromatic carbocycles. The highest BCUT2D eigenvalue weighted by molar-refractivity contribution is 5.96. The van der Waals surface area contributed by atoms with Gasteiger partial charge < -0.3 is 9.80 Å². The third-order valence-corrected chi connectivity index (χ3v) is 5.07. The third-order valence-electron chi connectivity index (χ3n) is 5.07. The highest BCUT2D eigenvalue weighted by Gasteiger charge is 2.36. The second-order valence-electron chi connectivity index (χ2n) is 6.95. The molecule has 0 saturated carbocycles. The van der Waals surface area contributed by atoms with Gasteiger partial charge in [0.25, 0.3) is 0 Å². The Morgan fingerprint density at radius 1 is 1.07 bits per heavy atom. The maximum atomic E-state index is 13.5. The zero-order valence-corrected chi connectivity index (χ0v) is 15.7. The molecule has 1 atom stereocenters. The van der Waals surface area contributed by atoms with Crippen molar-refractivity contribution < 1.29 is 18.0 Å². The predicted octanol–water partition coefficient (Wildman–Crippen LogP) is 4.76. The molecule has 3 rings (SSSR count). The number of hydrogen-bond donors (Lipinski definition) is 0. The van der Waals surface area contributed by atoms with Crippen molar-refractivity contribution in [3.63, 3.8) is 0 Å². The summed E-state index contributed by atoms with van der Waals surface area (Å²) in [6, 6.07) is 17.1. The van der Waals surface area contributed by atoms with Crippen molar-refractivity contribution in [3.8, 4) is 0 Å². The minimum absolute atomic E-state index is 0.00805. The summed E-state index contributed by atoms with van der Waals surface area (Å²) in [6.07, 6.45) is -2.23. The van der Waals surface area contributed by atoms with Crippen molar-refractivity contribution in [2.75, 3.05) is 25.0 Å². The van der Waals surface area contributed by atoms with Crippen LogP contribution in [0.15, 0.2) is 66.7 Å². The lowest BCUT2D eigenvalue weighted by atomic mass is 10.0. The van der Waals surface area contributed by atoms with Crippen molar-refractivity contribution in [3.05, 3.63) is 72.3 Å². The lowest BCUT2D eigenvalue weighted by molar-refractivity contribution is -0.127. The van der Waals surface area contributed by atoms with Gasteiger partial charge in [0.05, 0.1) is 5.57 Å². The largest absolute Gasteiger partial charge is 0.417 e. The average Bonchev–Trinajstić information content (AvgIpc) is 2.72. The van der Waals surface area contributed by atoms with Gasteiger partial charge in [0.15, 0.2) is 0 Å². The molecule has 28 heavy (non-hydrogen) atoms. The lowest BCUT2D eigenvalue weighted by Gasteiger charge is -2.38. The van der Waals surface area contributed by atoms with Crippen LogP contribution in [0.4, 0.5) is 18.9 Å². The van der Waals surface area contributed by atoms with Crippen molar-refractivity contribution in [2.45, 2.75) is 25.1 Å². The molecule has 1 amide bonds. The van der Waals surface area contributed by atoms with E-state index in [1.54, 1.807) is 13.1 Å². The molecule has 0 bridgehead atoms. The number of para-hydroxylation sites is 1. The van der Waals surface area contributed by atoms with Gasteiger partial charge in [-0.3, -0.25) is 4.79 Å². The van der Waals surface area contributed by atoms with E-state index in [4.69, 9.17) is 0 Å². The molecule has 2 aromatic rings. The molecule has 1 saturated heterocycles. The SMILES string of the molecule is CN(C(=O)C=C(c1ccccc1)C(F)(F)F)C1CCCN(c2ccccc2)C1. The van der Waals surface area contributed by atoms with Gasteiger partial charge in [0, 0.05) is 37.9 Å². The standard InChI is InChI=1S/C22H23F3N2O/c1-26(19-13-8-14-27(16-19)18-11-6-3-7-12-18)21(28)15-20(22(23,24)25)17-9-4-2-5-10-17/h2-7,9-12,15,19H,8,13-14,16H2,1H3. The molecule has 0 aliphatic carbocycles. The number of hydrogen-bond acceptors (Lipinski definition) is 2. The summed E-state index contributed by atoms with van der Waals surface area (Å²) in [4.78, 5) is 16.3. The molecule has 0 N–H and O–H groups in total. The first kappa shape index (κ1) is 20.0. The number of carbonyl (C=O) groups is 1. The van der Waals surface area contributed by atoms with E-state index in [9.17, 15) is 18.0 Å².